The van der Waals surface area contributed by atoms with Gasteiger partial charge in [-0.2, -0.15) is 11.8 Å². The highest BCUT2D eigenvalue weighted by Crippen LogP contribution is 2.41. The topological polar surface area (TPSA) is 29.1 Å². The maximum Gasteiger partial charge on any atom is 0.230 e. The standard InChI is InChI=1S/C18H27NOS/c1-17(2,3)21-14-13-19-16(20)18(11-7-8-12-18)15-9-5-4-6-10-15/h4-6,9-10H,7-8,11-14H2,1-3H3,(H,19,20). The predicted octanol–water partition coefficient (Wildman–Crippen LogP) is 4.15. The van der Waals surface area contributed by atoms with E-state index in [1.807, 2.05) is 30.0 Å². The molecule has 1 amide bonds. The molecule has 0 saturated heterocycles. The van der Waals surface area contributed by atoms with E-state index >= 15 is 0 Å². The van der Waals surface area contributed by atoms with Crippen LogP contribution < -0.4 is 5.32 Å². The van der Waals surface area contributed by atoms with Crippen molar-refractivity contribution >= 4 is 17.7 Å². The molecule has 2 nitrogen and oxygen atoms in total. The van der Waals surface area contributed by atoms with Gasteiger partial charge in [-0.1, -0.05) is 63.9 Å². The number of nitrogens with one attached hydrogen (secondary N) is 1. The molecule has 1 aliphatic rings. The van der Waals surface area contributed by atoms with Gasteiger partial charge in [0.15, 0.2) is 0 Å². The van der Waals surface area contributed by atoms with Gasteiger partial charge in [0.05, 0.1) is 5.41 Å². The predicted molar refractivity (Wildman–Crippen MR) is 91.8 cm³/mol. The van der Waals surface area contributed by atoms with E-state index in [0.717, 1.165) is 38.0 Å². The lowest BCUT2D eigenvalue weighted by molar-refractivity contribution is -0.126. The van der Waals surface area contributed by atoms with Crippen molar-refractivity contribution in [2.45, 2.75) is 56.6 Å². The number of rotatable bonds is 5. The fourth-order valence-corrected chi connectivity index (χ4v) is 3.89. The van der Waals surface area contributed by atoms with E-state index in [-0.39, 0.29) is 16.1 Å². The first-order chi connectivity index (χ1) is 9.94. The summed E-state index contributed by atoms with van der Waals surface area (Å²) >= 11 is 1.90. The first kappa shape index (κ1) is 16.4. The van der Waals surface area contributed by atoms with Crippen molar-refractivity contribution in [3.05, 3.63) is 35.9 Å². The molecule has 1 fully saturated rings. The maximum absolute atomic E-state index is 12.8. The molecule has 0 heterocycles. The van der Waals surface area contributed by atoms with Crippen molar-refractivity contribution in [3.63, 3.8) is 0 Å². The largest absolute Gasteiger partial charge is 0.355 e. The summed E-state index contributed by atoms with van der Waals surface area (Å²) in [7, 11) is 0. The molecule has 1 saturated carbocycles. The van der Waals surface area contributed by atoms with Crippen molar-refractivity contribution in [3.8, 4) is 0 Å². The van der Waals surface area contributed by atoms with E-state index in [2.05, 4.69) is 38.2 Å². The molecule has 0 radical (unpaired) electrons. The summed E-state index contributed by atoms with van der Waals surface area (Å²) in [5, 5.41) is 3.18. The zero-order valence-electron chi connectivity index (χ0n) is 13.4. The van der Waals surface area contributed by atoms with Crippen LogP contribution in [0.2, 0.25) is 0 Å². The van der Waals surface area contributed by atoms with Crippen molar-refractivity contribution in [2.24, 2.45) is 0 Å². The molecular formula is C18H27NOS. The van der Waals surface area contributed by atoms with Crippen LogP contribution >= 0.6 is 11.8 Å². The molecule has 116 valence electrons. The van der Waals surface area contributed by atoms with E-state index in [4.69, 9.17) is 0 Å². The van der Waals surface area contributed by atoms with Crippen LogP contribution in [0.1, 0.15) is 52.0 Å². The Hall–Kier alpha value is -0.960. The van der Waals surface area contributed by atoms with Gasteiger partial charge in [0.25, 0.3) is 0 Å². The highest BCUT2D eigenvalue weighted by Gasteiger charge is 2.42. The zero-order chi connectivity index (χ0) is 15.3. The van der Waals surface area contributed by atoms with E-state index in [1.165, 1.54) is 5.56 Å². The lowest BCUT2D eigenvalue weighted by Crippen LogP contribution is -2.43. The number of amides is 1. The third-order valence-corrected chi connectivity index (χ3v) is 5.42. The first-order valence-electron chi connectivity index (χ1n) is 7.92. The van der Waals surface area contributed by atoms with Crippen LogP contribution in [0, 0.1) is 0 Å². The summed E-state index contributed by atoms with van der Waals surface area (Å²) in [6.45, 7) is 7.39. The molecule has 1 aromatic carbocycles. The average molecular weight is 305 g/mol. The maximum atomic E-state index is 12.8. The van der Waals surface area contributed by atoms with Crippen LogP contribution in [0.4, 0.5) is 0 Å². The van der Waals surface area contributed by atoms with Crippen molar-refractivity contribution in [1.29, 1.82) is 0 Å². The lowest BCUT2D eigenvalue weighted by Gasteiger charge is -2.28. The highest BCUT2D eigenvalue weighted by molar-refractivity contribution is 8.00. The summed E-state index contributed by atoms with van der Waals surface area (Å²) in [6, 6.07) is 10.3. The van der Waals surface area contributed by atoms with Crippen LogP contribution in [0.25, 0.3) is 0 Å². The quantitative estimate of drug-likeness (QED) is 0.828. The summed E-state index contributed by atoms with van der Waals surface area (Å²) in [5.41, 5.74) is 0.900. The highest BCUT2D eigenvalue weighted by atomic mass is 32.2. The van der Waals surface area contributed by atoms with Crippen LogP contribution in [-0.4, -0.2) is 23.0 Å². The van der Waals surface area contributed by atoms with E-state index < -0.39 is 0 Å². The Labute approximate surface area is 133 Å². The van der Waals surface area contributed by atoms with Crippen LogP contribution in [0.15, 0.2) is 30.3 Å². The Morgan fingerprint density at radius 1 is 1.19 bits per heavy atom. The molecule has 0 spiro atoms. The Balaban J connectivity index is 1.98. The molecule has 1 aliphatic carbocycles. The van der Waals surface area contributed by atoms with Gasteiger partial charge in [-0.3, -0.25) is 4.79 Å². The number of carbonyl (C=O) groups is 1. The van der Waals surface area contributed by atoms with Crippen LogP contribution in [0.5, 0.6) is 0 Å². The second-order valence-electron chi connectivity index (χ2n) is 6.87. The van der Waals surface area contributed by atoms with E-state index in [1.54, 1.807) is 0 Å². The van der Waals surface area contributed by atoms with Gasteiger partial charge in [-0.15, -0.1) is 0 Å². The lowest BCUT2D eigenvalue weighted by atomic mass is 9.78. The van der Waals surface area contributed by atoms with Gasteiger partial charge in [-0.25, -0.2) is 0 Å². The number of hydrogen-bond donors (Lipinski definition) is 1. The summed E-state index contributed by atoms with van der Waals surface area (Å²) in [6.07, 6.45) is 4.27. The molecule has 1 aromatic rings. The third-order valence-electron chi connectivity index (χ3n) is 4.14. The van der Waals surface area contributed by atoms with E-state index in [0.29, 0.717) is 0 Å². The fourth-order valence-electron chi connectivity index (χ4n) is 3.07. The zero-order valence-corrected chi connectivity index (χ0v) is 14.3. The molecular weight excluding hydrogens is 278 g/mol. The summed E-state index contributed by atoms with van der Waals surface area (Å²) < 4.78 is 0.259. The molecule has 3 heteroatoms. The molecule has 0 aromatic heterocycles. The minimum Gasteiger partial charge on any atom is -0.355 e. The van der Waals surface area contributed by atoms with Gasteiger partial charge >= 0.3 is 0 Å². The number of hydrogen-bond acceptors (Lipinski definition) is 2. The minimum absolute atomic E-state index is 0.223. The van der Waals surface area contributed by atoms with Gasteiger partial charge in [0.1, 0.15) is 0 Å². The van der Waals surface area contributed by atoms with Gasteiger partial charge < -0.3 is 5.32 Å². The first-order valence-corrected chi connectivity index (χ1v) is 8.90. The molecule has 0 unspecified atom stereocenters. The molecule has 0 aliphatic heterocycles. The minimum atomic E-state index is -0.284. The number of benzene rings is 1. The third kappa shape index (κ3) is 4.26. The molecule has 2 rings (SSSR count). The van der Waals surface area contributed by atoms with Crippen molar-refractivity contribution in [2.75, 3.05) is 12.3 Å². The molecule has 0 atom stereocenters. The monoisotopic (exact) mass is 305 g/mol. The van der Waals surface area contributed by atoms with Gasteiger partial charge in [-0.05, 0) is 18.4 Å². The summed E-state index contributed by atoms with van der Waals surface area (Å²) in [5.74, 6) is 1.20. The van der Waals surface area contributed by atoms with Crippen LogP contribution in [-0.2, 0) is 10.2 Å². The summed E-state index contributed by atoms with van der Waals surface area (Å²) in [4.78, 5) is 12.8. The van der Waals surface area contributed by atoms with Gasteiger partial charge in [0, 0.05) is 17.0 Å². The van der Waals surface area contributed by atoms with Gasteiger partial charge in [0.2, 0.25) is 5.91 Å². The number of carbonyl (C=O) groups excluding carboxylic acids is 1. The second kappa shape index (κ2) is 6.87. The molecule has 0 bridgehead atoms. The van der Waals surface area contributed by atoms with E-state index in [9.17, 15) is 4.79 Å². The smallest absolute Gasteiger partial charge is 0.230 e. The Morgan fingerprint density at radius 2 is 1.81 bits per heavy atom. The van der Waals surface area contributed by atoms with Crippen LogP contribution in [0.3, 0.4) is 0 Å². The Kier molecular flexibility index (Phi) is 5.37. The molecule has 21 heavy (non-hydrogen) atoms. The SMILES string of the molecule is CC(C)(C)SCCNC(=O)C1(c2ccccc2)CCCC1. The van der Waals surface area contributed by atoms with Crippen molar-refractivity contribution in [1.82, 2.24) is 5.32 Å². The Morgan fingerprint density at radius 3 is 2.38 bits per heavy atom. The van der Waals surface area contributed by atoms with Crippen molar-refractivity contribution < 1.29 is 4.79 Å². The average Bonchev–Trinajstić information content (AvgIpc) is 2.94. The Bertz CT molecular complexity index is 458. The molecule has 1 N–H and O–H groups in total. The second-order valence-corrected chi connectivity index (χ2v) is 8.79. The fraction of sp³-hybridized carbons (Fsp3) is 0.611. The normalized spacial score (nSPS) is 17.7. The number of thioether (sulfide) groups is 1.